The van der Waals surface area contributed by atoms with E-state index in [1.54, 1.807) is 0 Å². The molecular weight excluding hydrogens is 328 g/mol. The standard InChI is InChI=1S/C21H26N2O3/c24-19(10-21-7-14-3-15(8-21)5-16(4-14)9-21)22-11-13-1-2-18-17(6-13)23-20(25)12-26-18/h1-2,6,14-16H,3-5,7-12H2,(H,22,24)(H,23,25). The molecule has 2 amide bonds. The molecule has 1 aliphatic heterocycles. The van der Waals surface area contributed by atoms with Crippen LogP contribution in [0.5, 0.6) is 5.75 Å². The van der Waals surface area contributed by atoms with Crippen molar-refractivity contribution in [2.75, 3.05) is 11.9 Å². The van der Waals surface area contributed by atoms with Gasteiger partial charge in [-0.2, -0.15) is 0 Å². The summed E-state index contributed by atoms with van der Waals surface area (Å²) >= 11 is 0. The summed E-state index contributed by atoms with van der Waals surface area (Å²) in [6, 6.07) is 5.69. The van der Waals surface area contributed by atoms with Crippen LogP contribution in [0.4, 0.5) is 5.69 Å². The van der Waals surface area contributed by atoms with Gasteiger partial charge in [-0.25, -0.2) is 0 Å². The molecule has 6 rings (SSSR count). The van der Waals surface area contributed by atoms with Crippen LogP contribution in [0, 0.1) is 23.2 Å². The van der Waals surface area contributed by atoms with E-state index >= 15 is 0 Å². The molecule has 138 valence electrons. The topological polar surface area (TPSA) is 67.4 Å². The van der Waals surface area contributed by atoms with Crippen molar-refractivity contribution < 1.29 is 14.3 Å². The number of hydrogen-bond donors (Lipinski definition) is 2. The maximum atomic E-state index is 12.6. The molecule has 0 spiro atoms. The first kappa shape index (κ1) is 16.2. The minimum absolute atomic E-state index is 0.0636. The number of fused-ring (bicyclic) bond motifs is 1. The first-order chi connectivity index (χ1) is 12.6. The van der Waals surface area contributed by atoms with Crippen LogP contribution >= 0.6 is 0 Å². The molecule has 0 radical (unpaired) electrons. The van der Waals surface area contributed by atoms with Crippen molar-refractivity contribution in [3.63, 3.8) is 0 Å². The van der Waals surface area contributed by atoms with Gasteiger partial charge in [-0.05, 0) is 79.4 Å². The summed E-state index contributed by atoms with van der Waals surface area (Å²) in [6.45, 7) is 0.558. The third-order valence-corrected chi connectivity index (χ3v) is 6.87. The molecule has 0 saturated heterocycles. The van der Waals surface area contributed by atoms with Gasteiger partial charge in [-0.3, -0.25) is 9.59 Å². The molecule has 0 aromatic heterocycles. The van der Waals surface area contributed by atoms with Gasteiger partial charge in [-0.1, -0.05) is 6.07 Å². The second kappa shape index (κ2) is 6.00. The molecule has 0 atom stereocenters. The van der Waals surface area contributed by atoms with Crippen LogP contribution in [0.25, 0.3) is 0 Å². The van der Waals surface area contributed by atoms with E-state index in [2.05, 4.69) is 10.6 Å². The van der Waals surface area contributed by atoms with Crippen LogP contribution in [-0.4, -0.2) is 18.4 Å². The SMILES string of the molecule is O=C(CC12CC3CC(CC(C3)C1)C2)NCc1ccc2c(c1)NC(=O)CO2. The highest BCUT2D eigenvalue weighted by Gasteiger charge is 2.51. The van der Waals surface area contributed by atoms with Crippen molar-refractivity contribution in [2.45, 2.75) is 51.5 Å². The van der Waals surface area contributed by atoms with E-state index in [0.717, 1.165) is 23.3 Å². The minimum Gasteiger partial charge on any atom is -0.482 e. The van der Waals surface area contributed by atoms with E-state index in [4.69, 9.17) is 4.74 Å². The zero-order chi connectivity index (χ0) is 17.7. The van der Waals surface area contributed by atoms with Gasteiger partial charge in [0.15, 0.2) is 6.61 Å². The molecule has 1 aromatic carbocycles. The Balaban J connectivity index is 1.20. The quantitative estimate of drug-likeness (QED) is 0.872. The molecule has 2 N–H and O–H groups in total. The second-order valence-corrected chi connectivity index (χ2v) is 9.04. The van der Waals surface area contributed by atoms with Gasteiger partial charge in [0.25, 0.3) is 5.91 Å². The molecule has 4 aliphatic carbocycles. The lowest BCUT2D eigenvalue weighted by Crippen LogP contribution is -2.47. The molecule has 1 aromatic rings. The molecule has 1 heterocycles. The highest BCUT2D eigenvalue weighted by molar-refractivity contribution is 5.95. The van der Waals surface area contributed by atoms with Gasteiger partial charge in [0.05, 0.1) is 5.69 Å². The molecule has 0 unspecified atom stereocenters. The summed E-state index contributed by atoms with van der Waals surface area (Å²) < 4.78 is 5.38. The van der Waals surface area contributed by atoms with Gasteiger partial charge < -0.3 is 15.4 Å². The van der Waals surface area contributed by atoms with Crippen molar-refractivity contribution in [1.82, 2.24) is 5.32 Å². The van der Waals surface area contributed by atoms with Crippen LogP contribution in [0.1, 0.15) is 50.5 Å². The van der Waals surface area contributed by atoms with Crippen molar-refractivity contribution in [3.05, 3.63) is 23.8 Å². The molecule has 5 aliphatic rings. The van der Waals surface area contributed by atoms with E-state index in [1.807, 2.05) is 18.2 Å². The summed E-state index contributed by atoms with van der Waals surface area (Å²) in [7, 11) is 0. The van der Waals surface area contributed by atoms with E-state index in [1.165, 1.54) is 38.5 Å². The van der Waals surface area contributed by atoms with Crippen molar-refractivity contribution >= 4 is 17.5 Å². The fourth-order valence-corrected chi connectivity index (χ4v) is 6.35. The van der Waals surface area contributed by atoms with Crippen LogP contribution in [0.3, 0.4) is 0 Å². The number of amides is 2. The van der Waals surface area contributed by atoms with E-state index in [0.29, 0.717) is 24.4 Å². The Bertz CT molecular complexity index is 722. The summed E-state index contributed by atoms with van der Waals surface area (Å²) in [4.78, 5) is 24.1. The molecule has 4 saturated carbocycles. The molecule has 4 fully saturated rings. The Morgan fingerprint density at radius 1 is 1.15 bits per heavy atom. The predicted octanol–water partition coefficient (Wildman–Crippen LogP) is 3.24. The monoisotopic (exact) mass is 354 g/mol. The van der Waals surface area contributed by atoms with Gasteiger partial charge >= 0.3 is 0 Å². The second-order valence-electron chi connectivity index (χ2n) is 9.04. The maximum absolute atomic E-state index is 12.6. The lowest BCUT2D eigenvalue weighted by molar-refractivity contribution is -0.129. The number of carbonyl (C=O) groups is 2. The van der Waals surface area contributed by atoms with Crippen molar-refractivity contribution in [1.29, 1.82) is 0 Å². The first-order valence-corrected chi connectivity index (χ1v) is 9.89. The van der Waals surface area contributed by atoms with E-state index in [-0.39, 0.29) is 23.8 Å². The van der Waals surface area contributed by atoms with Crippen molar-refractivity contribution in [2.24, 2.45) is 23.2 Å². The maximum Gasteiger partial charge on any atom is 0.262 e. The van der Waals surface area contributed by atoms with E-state index in [9.17, 15) is 9.59 Å². The zero-order valence-electron chi connectivity index (χ0n) is 15.1. The number of rotatable bonds is 4. The number of hydrogen-bond acceptors (Lipinski definition) is 3. The third kappa shape index (κ3) is 2.97. The van der Waals surface area contributed by atoms with E-state index < -0.39 is 0 Å². The molecule has 5 nitrogen and oxygen atoms in total. The highest BCUT2D eigenvalue weighted by atomic mass is 16.5. The smallest absolute Gasteiger partial charge is 0.262 e. The first-order valence-electron chi connectivity index (χ1n) is 9.89. The summed E-state index contributed by atoms with van der Waals surface area (Å²) in [5.41, 5.74) is 1.94. The highest BCUT2D eigenvalue weighted by Crippen LogP contribution is 2.61. The Morgan fingerprint density at radius 2 is 1.85 bits per heavy atom. The Kier molecular flexibility index (Phi) is 3.73. The number of nitrogens with one attached hydrogen (secondary N) is 2. The third-order valence-electron chi connectivity index (χ3n) is 6.87. The number of ether oxygens (including phenoxy) is 1. The Labute approximate surface area is 153 Å². The molecule has 5 heteroatoms. The predicted molar refractivity (Wildman–Crippen MR) is 97.6 cm³/mol. The van der Waals surface area contributed by atoms with Crippen LogP contribution in [0.2, 0.25) is 0 Å². The largest absolute Gasteiger partial charge is 0.482 e. The lowest BCUT2D eigenvalue weighted by Gasteiger charge is -2.56. The van der Waals surface area contributed by atoms with Gasteiger partial charge in [0.1, 0.15) is 5.75 Å². The fourth-order valence-electron chi connectivity index (χ4n) is 6.35. The number of benzene rings is 1. The fraction of sp³-hybridized carbons (Fsp3) is 0.619. The Morgan fingerprint density at radius 3 is 2.54 bits per heavy atom. The van der Waals surface area contributed by atoms with Crippen LogP contribution in [-0.2, 0) is 16.1 Å². The van der Waals surface area contributed by atoms with Crippen LogP contribution < -0.4 is 15.4 Å². The summed E-state index contributed by atoms with van der Waals surface area (Å²) in [5.74, 6) is 3.34. The summed E-state index contributed by atoms with van der Waals surface area (Å²) in [5, 5.41) is 5.91. The average Bonchev–Trinajstić information content (AvgIpc) is 2.58. The number of carbonyl (C=O) groups excluding carboxylic acids is 2. The van der Waals surface area contributed by atoms with Crippen LogP contribution in [0.15, 0.2) is 18.2 Å². The molecule has 26 heavy (non-hydrogen) atoms. The summed E-state index contributed by atoms with van der Waals surface area (Å²) in [6.07, 6.45) is 8.68. The van der Waals surface area contributed by atoms with Gasteiger partial charge in [0.2, 0.25) is 5.91 Å². The Hall–Kier alpha value is -2.04. The number of anilines is 1. The molecular formula is C21H26N2O3. The van der Waals surface area contributed by atoms with Gasteiger partial charge in [0, 0.05) is 13.0 Å². The zero-order valence-corrected chi connectivity index (χ0v) is 15.1. The van der Waals surface area contributed by atoms with Crippen molar-refractivity contribution in [3.8, 4) is 5.75 Å². The normalized spacial score (nSPS) is 34.0. The van der Waals surface area contributed by atoms with Gasteiger partial charge in [-0.15, -0.1) is 0 Å². The average molecular weight is 354 g/mol. The minimum atomic E-state index is -0.138. The molecule has 4 bridgehead atoms. The lowest BCUT2D eigenvalue weighted by atomic mass is 9.49.